The number of carbonyl (C=O) groups is 2. The second-order valence-electron chi connectivity index (χ2n) is 4.54. The quantitative estimate of drug-likeness (QED) is 0.745. The molecule has 1 atom stereocenters. The number of rotatable bonds is 3. The molecule has 1 rings (SSSR count). The van der Waals surface area contributed by atoms with Gasteiger partial charge in [0.25, 0.3) is 0 Å². The minimum absolute atomic E-state index is 0.287. The maximum absolute atomic E-state index is 11.2. The van der Waals surface area contributed by atoms with E-state index in [4.69, 9.17) is 5.73 Å². The van der Waals surface area contributed by atoms with Crippen molar-refractivity contribution < 1.29 is 9.59 Å². The Morgan fingerprint density at radius 2 is 2.12 bits per heavy atom. The minimum Gasteiger partial charge on any atom is -0.351 e. The van der Waals surface area contributed by atoms with Gasteiger partial charge in [0.2, 0.25) is 5.91 Å². The third-order valence-corrected chi connectivity index (χ3v) is 3.03. The van der Waals surface area contributed by atoms with E-state index in [1.54, 1.807) is 0 Å². The number of amides is 3. The summed E-state index contributed by atoms with van der Waals surface area (Å²) < 4.78 is 0. The molecule has 1 aliphatic heterocycles. The zero-order valence-electron chi connectivity index (χ0n) is 9.87. The zero-order chi connectivity index (χ0) is 12.0. The van der Waals surface area contributed by atoms with Crippen LogP contribution in [0.5, 0.6) is 0 Å². The second kappa shape index (κ2) is 6.48. The van der Waals surface area contributed by atoms with Gasteiger partial charge in [-0.25, -0.2) is 4.79 Å². The van der Waals surface area contributed by atoms with Gasteiger partial charge in [0, 0.05) is 13.0 Å². The molecule has 3 N–H and O–H groups in total. The molecule has 0 aliphatic carbocycles. The van der Waals surface area contributed by atoms with Crippen molar-refractivity contribution in [1.82, 2.24) is 10.2 Å². The third-order valence-electron chi connectivity index (χ3n) is 3.03. The van der Waals surface area contributed by atoms with E-state index in [1.165, 1.54) is 19.3 Å². The Balaban J connectivity index is 2.21. The van der Waals surface area contributed by atoms with E-state index >= 15 is 0 Å². The highest BCUT2D eigenvalue weighted by Crippen LogP contribution is 2.16. The highest BCUT2D eigenvalue weighted by molar-refractivity contribution is 5.93. The predicted octanol–water partition coefficient (Wildman–Crippen LogP) is 0.693. The van der Waals surface area contributed by atoms with Crippen molar-refractivity contribution in [1.29, 1.82) is 0 Å². The van der Waals surface area contributed by atoms with E-state index in [2.05, 4.69) is 17.1 Å². The maximum atomic E-state index is 11.2. The Hall–Kier alpha value is -1.10. The van der Waals surface area contributed by atoms with E-state index in [0.29, 0.717) is 13.0 Å². The summed E-state index contributed by atoms with van der Waals surface area (Å²) in [6, 6.07) is -0.769. The second-order valence-corrected chi connectivity index (χ2v) is 4.54. The summed E-state index contributed by atoms with van der Waals surface area (Å²) in [5, 5.41) is 2.08. The molecule has 0 saturated carbocycles. The minimum atomic E-state index is -0.769. The Labute approximate surface area is 96.4 Å². The summed E-state index contributed by atoms with van der Waals surface area (Å²) in [6.07, 6.45) is 4.00. The first-order valence-electron chi connectivity index (χ1n) is 5.89. The van der Waals surface area contributed by atoms with Gasteiger partial charge in [-0.15, -0.1) is 0 Å². The highest BCUT2D eigenvalue weighted by Gasteiger charge is 2.14. The van der Waals surface area contributed by atoms with Crippen LogP contribution in [0.15, 0.2) is 0 Å². The van der Waals surface area contributed by atoms with Crippen LogP contribution in [-0.2, 0) is 4.79 Å². The summed E-state index contributed by atoms with van der Waals surface area (Å²) in [6.45, 7) is 5.08. The lowest BCUT2D eigenvalue weighted by Gasteiger charge is -2.19. The van der Waals surface area contributed by atoms with Crippen LogP contribution in [0.3, 0.4) is 0 Å². The molecule has 1 heterocycles. The molecule has 0 aromatic carbocycles. The van der Waals surface area contributed by atoms with E-state index < -0.39 is 6.03 Å². The number of likely N-dealkylation sites (tertiary alicyclic amines) is 1. The fourth-order valence-electron chi connectivity index (χ4n) is 2.01. The summed E-state index contributed by atoms with van der Waals surface area (Å²) in [5.41, 5.74) is 4.86. The van der Waals surface area contributed by atoms with Crippen molar-refractivity contribution in [2.45, 2.75) is 32.6 Å². The highest BCUT2D eigenvalue weighted by atomic mass is 16.2. The predicted molar refractivity (Wildman–Crippen MR) is 61.8 cm³/mol. The average molecular weight is 227 g/mol. The van der Waals surface area contributed by atoms with Gasteiger partial charge in [-0.1, -0.05) is 6.92 Å². The van der Waals surface area contributed by atoms with Crippen molar-refractivity contribution in [3.05, 3.63) is 0 Å². The summed E-state index contributed by atoms with van der Waals surface area (Å²) in [7, 11) is 0. The molecule has 0 aromatic rings. The third kappa shape index (κ3) is 5.11. The lowest BCUT2D eigenvalue weighted by molar-refractivity contribution is -0.120. The van der Waals surface area contributed by atoms with E-state index in [0.717, 1.165) is 19.0 Å². The number of nitrogens with one attached hydrogen (secondary N) is 1. The smallest absolute Gasteiger partial charge is 0.318 e. The Morgan fingerprint density at radius 1 is 1.38 bits per heavy atom. The van der Waals surface area contributed by atoms with Crippen LogP contribution >= 0.6 is 0 Å². The summed E-state index contributed by atoms with van der Waals surface area (Å²) in [5.74, 6) is 0.495. The van der Waals surface area contributed by atoms with Crippen LogP contribution < -0.4 is 11.1 Å². The normalized spacial score (nSPS) is 22.4. The first kappa shape index (κ1) is 13.0. The number of urea groups is 1. The zero-order valence-corrected chi connectivity index (χ0v) is 9.87. The molecule has 5 heteroatoms. The molecule has 0 spiro atoms. The van der Waals surface area contributed by atoms with Gasteiger partial charge in [0.15, 0.2) is 0 Å². The molecule has 0 radical (unpaired) electrons. The molecule has 1 aliphatic rings. The molecule has 1 fully saturated rings. The van der Waals surface area contributed by atoms with Crippen molar-refractivity contribution in [3.8, 4) is 0 Å². The van der Waals surface area contributed by atoms with Crippen molar-refractivity contribution in [2.75, 3.05) is 19.6 Å². The molecule has 5 nitrogen and oxygen atoms in total. The van der Waals surface area contributed by atoms with Crippen molar-refractivity contribution >= 4 is 11.9 Å². The number of hydrogen-bond donors (Lipinski definition) is 2. The van der Waals surface area contributed by atoms with Gasteiger partial charge < -0.3 is 10.6 Å². The summed E-state index contributed by atoms with van der Waals surface area (Å²) >= 11 is 0. The number of imide groups is 1. The van der Waals surface area contributed by atoms with Crippen LogP contribution in [0.1, 0.15) is 32.6 Å². The molecular formula is C11H21N3O2. The fraction of sp³-hybridized carbons (Fsp3) is 0.818. The van der Waals surface area contributed by atoms with E-state index in [1.807, 2.05) is 0 Å². The van der Waals surface area contributed by atoms with Crippen molar-refractivity contribution in [3.63, 3.8) is 0 Å². The lowest BCUT2D eigenvalue weighted by atomic mass is 10.0. The molecule has 0 aromatic heterocycles. The van der Waals surface area contributed by atoms with Crippen LogP contribution in [0.4, 0.5) is 4.79 Å². The van der Waals surface area contributed by atoms with Gasteiger partial charge in [0.1, 0.15) is 0 Å². The topological polar surface area (TPSA) is 75.4 Å². The SMILES string of the molecule is C[C@@H]1CCCN(CCC(=O)NC(N)=O)CC1. The standard InChI is InChI=1S/C11H21N3O2/c1-9-3-2-6-14(7-4-9)8-5-10(15)13-11(12)16/h9H,2-8H2,1H3,(H3,12,13,15,16)/t9-/m1/s1. The first-order valence-corrected chi connectivity index (χ1v) is 5.89. The molecule has 3 amide bonds. The maximum Gasteiger partial charge on any atom is 0.318 e. The van der Waals surface area contributed by atoms with Gasteiger partial charge in [-0.05, 0) is 38.3 Å². The van der Waals surface area contributed by atoms with Gasteiger partial charge >= 0.3 is 6.03 Å². The van der Waals surface area contributed by atoms with Gasteiger partial charge in [0.05, 0.1) is 0 Å². The first-order chi connectivity index (χ1) is 7.58. The van der Waals surface area contributed by atoms with Crippen LogP contribution in [0.25, 0.3) is 0 Å². The molecule has 0 unspecified atom stereocenters. The monoisotopic (exact) mass is 227 g/mol. The number of carbonyl (C=O) groups excluding carboxylic acids is 2. The largest absolute Gasteiger partial charge is 0.351 e. The average Bonchev–Trinajstić information content (AvgIpc) is 2.39. The molecule has 0 bridgehead atoms. The van der Waals surface area contributed by atoms with Crippen LogP contribution in [0.2, 0.25) is 0 Å². The molecular weight excluding hydrogens is 206 g/mol. The Kier molecular flexibility index (Phi) is 5.25. The van der Waals surface area contributed by atoms with E-state index in [9.17, 15) is 9.59 Å². The van der Waals surface area contributed by atoms with E-state index in [-0.39, 0.29) is 5.91 Å². The molecule has 16 heavy (non-hydrogen) atoms. The Bertz CT molecular complexity index is 256. The lowest BCUT2D eigenvalue weighted by Crippen LogP contribution is -2.37. The van der Waals surface area contributed by atoms with Crippen LogP contribution in [0, 0.1) is 5.92 Å². The molecule has 1 saturated heterocycles. The van der Waals surface area contributed by atoms with Crippen molar-refractivity contribution in [2.24, 2.45) is 11.7 Å². The van der Waals surface area contributed by atoms with Gasteiger partial charge in [-0.3, -0.25) is 10.1 Å². The summed E-state index contributed by atoms with van der Waals surface area (Å²) in [4.78, 5) is 23.9. The van der Waals surface area contributed by atoms with Gasteiger partial charge in [-0.2, -0.15) is 0 Å². The Morgan fingerprint density at radius 3 is 2.81 bits per heavy atom. The fourth-order valence-corrected chi connectivity index (χ4v) is 2.01. The molecule has 92 valence electrons. The number of nitrogens with two attached hydrogens (primary N) is 1. The van der Waals surface area contributed by atoms with Crippen LogP contribution in [-0.4, -0.2) is 36.5 Å². The number of nitrogens with zero attached hydrogens (tertiary/aromatic N) is 1. The number of primary amides is 1. The number of hydrogen-bond acceptors (Lipinski definition) is 3.